The SMILES string of the molecule is CCC(O)C1CCN(C(=O)CCc2nnc(CCCc3ccccc3)o2)CC1. The van der Waals surface area contributed by atoms with E-state index in [9.17, 15) is 9.90 Å². The number of hydrogen-bond acceptors (Lipinski definition) is 5. The van der Waals surface area contributed by atoms with Crippen LogP contribution in [0.25, 0.3) is 0 Å². The van der Waals surface area contributed by atoms with Crippen molar-refractivity contribution in [1.82, 2.24) is 15.1 Å². The third-order valence-corrected chi connectivity index (χ3v) is 5.62. The van der Waals surface area contributed by atoms with Crippen LogP contribution in [0.15, 0.2) is 34.7 Å². The van der Waals surface area contributed by atoms with Crippen LogP contribution >= 0.6 is 0 Å². The Morgan fingerprint density at radius 3 is 2.50 bits per heavy atom. The second kappa shape index (κ2) is 10.4. The number of aromatic nitrogens is 2. The maximum absolute atomic E-state index is 12.4. The zero-order valence-electron chi connectivity index (χ0n) is 16.7. The average Bonchev–Trinajstić information content (AvgIpc) is 3.20. The maximum Gasteiger partial charge on any atom is 0.223 e. The highest BCUT2D eigenvalue weighted by molar-refractivity contribution is 5.76. The molecular weight excluding hydrogens is 354 g/mol. The molecule has 0 saturated carbocycles. The van der Waals surface area contributed by atoms with Crippen molar-refractivity contribution in [2.75, 3.05) is 13.1 Å². The van der Waals surface area contributed by atoms with Gasteiger partial charge >= 0.3 is 0 Å². The van der Waals surface area contributed by atoms with Gasteiger partial charge in [0.05, 0.1) is 6.10 Å². The molecule has 6 heteroatoms. The third-order valence-electron chi connectivity index (χ3n) is 5.62. The van der Waals surface area contributed by atoms with E-state index in [0.717, 1.165) is 51.6 Å². The van der Waals surface area contributed by atoms with Crippen LogP contribution in [0, 0.1) is 5.92 Å². The van der Waals surface area contributed by atoms with Gasteiger partial charge in [0.2, 0.25) is 17.7 Å². The molecule has 1 N–H and O–H groups in total. The van der Waals surface area contributed by atoms with Crippen molar-refractivity contribution in [3.63, 3.8) is 0 Å². The molecule has 1 aliphatic heterocycles. The molecule has 1 aromatic heterocycles. The molecule has 0 bridgehead atoms. The number of carbonyl (C=O) groups excluding carboxylic acids is 1. The first kappa shape index (κ1) is 20.5. The van der Waals surface area contributed by atoms with Crippen molar-refractivity contribution < 1.29 is 14.3 Å². The fourth-order valence-electron chi connectivity index (χ4n) is 3.82. The summed E-state index contributed by atoms with van der Waals surface area (Å²) in [6, 6.07) is 10.4. The molecule has 1 aliphatic rings. The molecule has 2 aromatic rings. The molecule has 28 heavy (non-hydrogen) atoms. The first-order valence-corrected chi connectivity index (χ1v) is 10.5. The number of likely N-dealkylation sites (tertiary alicyclic amines) is 1. The minimum Gasteiger partial charge on any atom is -0.425 e. The molecule has 1 saturated heterocycles. The quantitative estimate of drug-likeness (QED) is 0.717. The highest BCUT2D eigenvalue weighted by Gasteiger charge is 2.26. The highest BCUT2D eigenvalue weighted by atomic mass is 16.4. The summed E-state index contributed by atoms with van der Waals surface area (Å²) >= 11 is 0. The van der Waals surface area contributed by atoms with E-state index in [0.29, 0.717) is 30.5 Å². The Kier molecular flexibility index (Phi) is 7.60. The fraction of sp³-hybridized carbons (Fsp3) is 0.591. The lowest BCUT2D eigenvalue weighted by atomic mass is 9.90. The molecule has 152 valence electrons. The molecule has 2 heterocycles. The Labute approximate surface area is 167 Å². The summed E-state index contributed by atoms with van der Waals surface area (Å²) < 4.78 is 5.70. The number of benzene rings is 1. The van der Waals surface area contributed by atoms with E-state index in [1.807, 2.05) is 30.0 Å². The van der Waals surface area contributed by atoms with E-state index in [4.69, 9.17) is 4.42 Å². The molecule has 1 atom stereocenters. The summed E-state index contributed by atoms with van der Waals surface area (Å²) in [6.45, 7) is 3.47. The number of aliphatic hydroxyl groups excluding tert-OH is 1. The molecule has 1 amide bonds. The van der Waals surface area contributed by atoms with Crippen LogP contribution in [-0.4, -0.2) is 45.3 Å². The molecule has 0 aliphatic carbocycles. The minimum absolute atomic E-state index is 0.133. The summed E-state index contributed by atoms with van der Waals surface area (Å²) in [4.78, 5) is 14.3. The van der Waals surface area contributed by atoms with Crippen molar-refractivity contribution in [2.45, 2.75) is 64.4 Å². The van der Waals surface area contributed by atoms with E-state index in [2.05, 4.69) is 22.3 Å². The van der Waals surface area contributed by atoms with Gasteiger partial charge in [-0.3, -0.25) is 4.79 Å². The number of nitrogens with zero attached hydrogens (tertiary/aromatic N) is 3. The first-order chi connectivity index (χ1) is 13.7. The summed E-state index contributed by atoms with van der Waals surface area (Å²) in [5.74, 6) is 1.64. The van der Waals surface area contributed by atoms with Gasteiger partial charge in [0.25, 0.3) is 0 Å². The van der Waals surface area contributed by atoms with Crippen molar-refractivity contribution in [3.05, 3.63) is 47.7 Å². The van der Waals surface area contributed by atoms with Crippen LogP contribution in [0.2, 0.25) is 0 Å². The largest absolute Gasteiger partial charge is 0.425 e. The van der Waals surface area contributed by atoms with E-state index in [1.54, 1.807) is 0 Å². The Bertz CT molecular complexity index is 724. The van der Waals surface area contributed by atoms with Crippen molar-refractivity contribution >= 4 is 5.91 Å². The maximum atomic E-state index is 12.4. The van der Waals surface area contributed by atoms with Crippen LogP contribution in [0.4, 0.5) is 0 Å². The lowest BCUT2D eigenvalue weighted by Gasteiger charge is -2.34. The minimum atomic E-state index is -0.240. The fourth-order valence-corrected chi connectivity index (χ4v) is 3.82. The van der Waals surface area contributed by atoms with Gasteiger partial charge in [-0.05, 0) is 43.6 Å². The summed E-state index contributed by atoms with van der Waals surface area (Å²) in [5.41, 5.74) is 1.31. The number of hydrogen-bond donors (Lipinski definition) is 1. The van der Waals surface area contributed by atoms with Gasteiger partial charge in [0.1, 0.15) is 0 Å². The normalized spacial score (nSPS) is 16.3. The van der Waals surface area contributed by atoms with Gasteiger partial charge in [-0.1, -0.05) is 37.3 Å². The molecule has 3 rings (SSSR count). The number of amides is 1. The standard InChI is InChI=1S/C22H31N3O3/c1-2-19(26)18-13-15-25(16-14-18)22(27)12-11-21-24-23-20(28-21)10-6-9-17-7-4-3-5-8-17/h3-5,7-8,18-19,26H,2,6,9-16H2,1H3. The van der Waals surface area contributed by atoms with Gasteiger partial charge < -0.3 is 14.4 Å². The van der Waals surface area contributed by atoms with Crippen molar-refractivity contribution in [3.8, 4) is 0 Å². The van der Waals surface area contributed by atoms with Crippen LogP contribution < -0.4 is 0 Å². The number of carbonyl (C=O) groups is 1. The molecule has 6 nitrogen and oxygen atoms in total. The van der Waals surface area contributed by atoms with E-state index >= 15 is 0 Å². The number of rotatable bonds is 9. The molecule has 1 unspecified atom stereocenters. The third kappa shape index (κ3) is 5.89. The zero-order valence-corrected chi connectivity index (χ0v) is 16.7. The highest BCUT2D eigenvalue weighted by Crippen LogP contribution is 2.23. The van der Waals surface area contributed by atoms with Crippen LogP contribution in [-0.2, 0) is 24.1 Å². The topological polar surface area (TPSA) is 79.5 Å². The Balaban J connectivity index is 1.36. The lowest BCUT2D eigenvalue weighted by molar-refractivity contribution is -0.133. The Hall–Kier alpha value is -2.21. The van der Waals surface area contributed by atoms with Gasteiger partial charge in [-0.15, -0.1) is 10.2 Å². The zero-order chi connectivity index (χ0) is 19.8. The second-order valence-corrected chi connectivity index (χ2v) is 7.62. The van der Waals surface area contributed by atoms with Crippen molar-refractivity contribution in [1.29, 1.82) is 0 Å². The monoisotopic (exact) mass is 385 g/mol. The summed E-state index contributed by atoms with van der Waals surface area (Å²) in [7, 11) is 0. The van der Waals surface area contributed by atoms with Gasteiger partial charge in [-0.2, -0.15) is 0 Å². The van der Waals surface area contributed by atoms with Gasteiger partial charge in [-0.25, -0.2) is 0 Å². The van der Waals surface area contributed by atoms with Crippen molar-refractivity contribution in [2.24, 2.45) is 5.92 Å². The molecular formula is C22H31N3O3. The summed E-state index contributed by atoms with van der Waals surface area (Å²) in [6.07, 6.45) is 5.89. The second-order valence-electron chi connectivity index (χ2n) is 7.62. The van der Waals surface area contributed by atoms with Gasteiger partial charge in [0, 0.05) is 32.4 Å². The van der Waals surface area contributed by atoms with Crippen LogP contribution in [0.3, 0.4) is 0 Å². The lowest BCUT2D eigenvalue weighted by Crippen LogP contribution is -2.41. The molecule has 1 aromatic carbocycles. The predicted molar refractivity (Wildman–Crippen MR) is 107 cm³/mol. The van der Waals surface area contributed by atoms with E-state index in [-0.39, 0.29) is 12.0 Å². The first-order valence-electron chi connectivity index (χ1n) is 10.5. The molecule has 1 fully saturated rings. The predicted octanol–water partition coefficient (Wildman–Crippen LogP) is 3.19. The summed E-state index contributed by atoms with van der Waals surface area (Å²) in [5, 5.41) is 18.1. The smallest absolute Gasteiger partial charge is 0.223 e. The Morgan fingerprint density at radius 1 is 1.14 bits per heavy atom. The number of aryl methyl sites for hydroxylation is 3. The number of piperidine rings is 1. The van der Waals surface area contributed by atoms with Crippen LogP contribution in [0.5, 0.6) is 0 Å². The number of aliphatic hydroxyl groups is 1. The van der Waals surface area contributed by atoms with Crippen LogP contribution in [0.1, 0.15) is 56.4 Å². The van der Waals surface area contributed by atoms with Gasteiger partial charge in [0.15, 0.2) is 0 Å². The molecule has 0 radical (unpaired) electrons. The molecule has 0 spiro atoms. The van der Waals surface area contributed by atoms with E-state index < -0.39 is 0 Å². The van der Waals surface area contributed by atoms with E-state index in [1.165, 1.54) is 5.56 Å². The average molecular weight is 386 g/mol. The Morgan fingerprint density at radius 2 is 1.82 bits per heavy atom.